The van der Waals surface area contributed by atoms with Crippen LogP contribution in [0.3, 0.4) is 0 Å². The number of benzene rings is 6. The van der Waals surface area contributed by atoms with Crippen LogP contribution in [0.5, 0.6) is 0 Å². The van der Waals surface area contributed by atoms with Crippen LogP contribution in [0.2, 0.25) is 0 Å². The Hall–Kier alpha value is -5.08. The normalized spacial score (nSPS) is 10.7. The van der Waals surface area contributed by atoms with Crippen molar-refractivity contribution in [2.75, 3.05) is 9.80 Å². The van der Waals surface area contributed by atoms with E-state index in [2.05, 4.69) is 180 Å². The Kier molecular flexibility index (Phi) is 7.68. The molecule has 0 spiro atoms. The second kappa shape index (κ2) is 12.2. The Morgan fingerprint density at radius 2 is 0.475 bits per heavy atom. The van der Waals surface area contributed by atoms with Crippen LogP contribution in [0.1, 0.15) is 11.1 Å². The van der Waals surface area contributed by atoms with E-state index in [0.717, 1.165) is 47.0 Å². The smallest absolute Gasteiger partial charge is 0.0461 e. The van der Waals surface area contributed by atoms with Gasteiger partial charge in [-0.25, -0.2) is 0 Å². The molecular weight excluding hydrogens is 484 g/mol. The molecule has 194 valence electrons. The minimum absolute atomic E-state index is 0.997. The van der Waals surface area contributed by atoms with Crippen LogP contribution in [-0.4, -0.2) is 0 Å². The topological polar surface area (TPSA) is 6.48 Å². The van der Waals surface area contributed by atoms with Gasteiger partial charge in [-0.1, -0.05) is 97.1 Å². The molecule has 0 amide bonds. The minimum Gasteiger partial charge on any atom is -0.311 e. The third-order valence-electron chi connectivity index (χ3n) is 7.15. The van der Waals surface area contributed by atoms with Crippen LogP contribution in [0.4, 0.5) is 34.1 Å². The standard InChI is InChI=1S/C38H32N2/c1-5-13-33(14-6-1)39(34-15-7-2-8-16-34)37-27-23-31(24-28-37)21-22-32-25-29-38(30-26-32)40(35-17-9-3-10-18-35)36-19-11-4-12-20-36/h1-20,23-30H,21-22H2. The van der Waals surface area contributed by atoms with Crippen molar-refractivity contribution in [2.45, 2.75) is 12.8 Å². The van der Waals surface area contributed by atoms with Crippen molar-refractivity contribution in [3.63, 3.8) is 0 Å². The van der Waals surface area contributed by atoms with Crippen molar-refractivity contribution >= 4 is 34.1 Å². The molecule has 0 aliphatic rings. The van der Waals surface area contributed by atoms with E-state index in [0.29, 0.717) is 0 Å². The summed E-state index contributed by atoms with van der Waals surface area (Å²) < 4.78 is 0. The molecule has 6 aromatic carbocycles. The van der Waals surface area contributed by atoms with Gasteiger partial charge >= 0.3 is 0 Å². The Morgan fingerprint density at radius 1 is 0.250 bits per heavy atom. The van der Waals surface area contributed by atoms with Crippen molar-refractivity contribution in [3.05, 3.63) is 181 Å². The molecule has 0 bridgehead atoms. The third kappa shape index (κ3) is 5.82. The number of nitrogens with zero attached hydrogens (tertiary/aromatic N) is 2. The van der Waals surface area contributed by atoms with Gasteiger partial charge in [-0.15, -0.1) is 0 Å². The number of aryl methyl sites for hydroxylation is 2. The van der Waals surface area contributed by atoms with Crippen LogP contribution < -0.4 is 9.80 Å². The van der Waals surface area contributed by atoms with Gasteiger partial charge in [0.1, 0.15) is 0 Å². The molecule has 0 fully saturated rings. The van der Waals surface area contributed by atoms with Gasteiger partial charge < -0.3 is 9.80 Å². The monoisotopic (exact) mass is 516 g/mol. The zero-order valence-electron chi connectivity index (χ0n) is 22.5. The maximum atomic E-state index is 2.30. The summed E-state index contributed by atoms with van der Waals surface area (Å²) in [6.45, 7) is 0. The van der Waals surface area contributed by atoms with Crippen molar-refractivity contribution < 1.29 is 0 Å². The van der Waals surface area contributed by atoms with Crippen molar-refractivity contribution in [3.8, 4) is 0 Å². The number of para-hydroxylation sites is 4. The predicted molar refractivity (Wildman–Crippen MR) is 170 cm³/mol. The quantitative estimate of drug-likeness (QED) is 0.189. The summed E-state index contributed by atoms with van der Waals surface area (Å²) in [5.41, 5.74) is 9.61. The molecule has 0 saturated carbocycles. The first-order valence-electron chi connectivity index (χ1n) is 13.8. The fourth-order valence-electron chi connectivity index (χ4n) is 5.11. The van der Waals surface area contributed by atoms with E-state index >= 15 is 0 Å². The molecule has 2 nitrogen and oxygen atoms in total. The van der Waals surface area contributed by atoms with Gasteiger partial charge in [-0.05, 0) is 96.8 Å². The molecule has 0 aromatic heterocycles. The molecule has 0 aliphatic carbocycles. The Bertz CT molecular complexity index is 1390. The molecular formula is C38H32N2. The third-order valence-corrected chi connectivity index (χ3v) is 7.15. The van der Waals surface area contributed by atoms with Crippen LogP contribution in [0, 0.1) is 0 Å². The van der Waals surface area contributed by atoms with Crippen LogP contribution in [0.15, 0.2) is 170 Å². The lowest BCUT2D eigenvalue weighted by molar-refractivity contribution is 0.959. The first-order valence-corrected chi connectivity index (χ1v) is 13.8. The summed E-state index contributed by atoms with van der Waals surface area (Å²) in [5.74, 6) is 0. The number of hydrogen-bond donors (Lipinski definition) is 0. The van der Waals surface area contributed by atoms with Gasteiger partial charge in [0.05, 0.1) is 0 Å². The SMILES string of the molecule is c1ccc(N(c2ccccc2)c2ccc(CCc3ccc(N(c4ccccc4)c4ccccc4)cc3)cc2)cc1. The second-order valence-electron chi connectivity index (χ2n) is 9.85. The maximum Gasteiger partial charge on any atom is 0.0461 e. The molecule has 0 heterocycles. The van der Waals surface area contributed by atoms with E-state index in [1.165, 1.54) is 11.1 Å². The average molecular weight is 517 g/mol. The summed E-state index contributed by atoms with van der Waals surface area (Å²) in [4.78, 5) is 4.60. The number of hydrogen-bond acceptors (Lipinski definition) is 2. The van der Waals surface area contributed by atoms with Gasteiger partial charge in [0, 0.05) is 34.1 Å². The Balaban J connectivity index is 1.17. The highest BCUT2D eigenvalue weighted by atomic mass is 15.1. The fourth-order valence-corrected chi connectivity index (χ4v) is 5.11. The van der Waals surface area contributed by atoms with Crippen LogP contribution in [0.25, 0.3) is 0 Å². The second-order valence-corrected chi connectivity index (χ2v) is 9.85. The largest absolute Gasteiger partial charge is 0.311 e. The average Bonchev–Trinajstić information content (AvgIpc) is 3.04. The molecule has 0 atom stereocenters. The molecule has 0 radical (unpaired) electrons. The predicted octanol–water partition coefficient (Wildman–Crippen LogP) is 10.4. The Morgan fingerprint density at radius 3 is 0.725 bits per heavy atom. The van der Waals surface area contributed by atoms with E-state index < -0.39 is 0 Å². The molecule has 2 heteroatoms. The first-order chi connectivity index (χ1) is 19.8. The number of anilines is 6. The minimum atomic E-state index is 0.997. The molecule has 40 heavy (non-hydrogen) atoms. The van der Waals surface area contributed by atoms with Crippen LogP contribution >= 0.6 is 0 Å². The highest BCUT2D eigenvalue weighted by molar-refractivity contribution is 5.77. The highest BCUT2D eigenvalue weighted by Gasteiger charge is 2.13. The van der Waals surface area contributed by atoms with E-state index in [1.807, 2.05) is 0 Å². The summed E-state index contributed by atoms with van der Waals surface area (Å²) in [6, 6.07) is 60.1. The highest BCUT2D eigenvalue weighted by Crippen LogP contribution is 2.35. The molecule has 0 aliphatic heterocycles. The number of rotatable bonds is 9. The first kappa shape index (κ1) is 25.2. The van der Waals surface area contributed by atoms with E-state index in [1.54, 1.807) is 0 Å². The summed E-state index contributed by atoms with van der Waals surface area (Å²) in [5, 5.41) is 0. The summed E-state index contributed by atoms with van der Waals surface area (Å²) in [6.07, 6.45) is 1.99. The molecule has 0 N–H and O–H groups in total. The van der Waals surface area contributed by atoms with Crippen molar-refractivity contribution in [1.29, 1.82) is 0 Å². The lowest BCUT2D eigenvalue weighted by atomic mass is 10.0. The Labute approximate surface area is 237 Å². The van der Waals surface area contributed by atoms with Gasteiger partial charge in [0.2, 0.25) is 0 Å². The molecule has 6 aromatic rings. The van der Waals surface area contributed by atoms with E-state index in [4.69, 9.17) is 0 Å². The fraction of sp³-hybridized carbons (Fsp3) is 0.0526. The van der Waals surface area contributed by atoms with Gasteiger partial charge in [-0.3, -0.25) is 0 Å². The van der Waals surface area contributed by atoms with Crippen molar-refractivity contribution in [1.82, 2.24) is 0 Å². The zero-order valence-corrected chi connectivity index (χ0v) is 22.5. The summed E-state index contributed by atoms with van der Waals surface area (Å²) in [7, 11) is 0. The maximum absolute atomic E-state index is 2.30. The van der Waals surface area contributed by atoms with E-state index in [-0.39, 0.29) is 0 Å². The summed E-state index contributed by atoms with van der Waals surface area (Å²) >= 11 is 0. The molecule has 0 unspecified atom stereocenters. The van der Waals surface area contributed by atoms with Gasteiger partial charge in [-0.2, -0.15) is 0 Å². The zero-order chi connectivity index (χ0) is 27.0. The van der Waals surface area contributed by atoms with Gasteiger partial charge in [0.25, 0.3) is 0 Å². The molecule has 6 rings (SSSR count). The lowest BCUT2D eigenvalue weighted by Gasteiger charge is -2.25. The van der Waals surface area contributed by atoms with Crippen molar-refractivity contribution in [2.24, 2.45) is 0 Å². The molecule has 0 saturated heterocycles. The van der Waals surface area contributed by atoms with E-state index in [9.17, 15) is 0 Å². The van der Waals surface area contributed by atoms with Gasteiger partial charge in [0.15, 0.2) is 0 Å². The lowest BCUT2D eigenvalue weighted by Crippen LogP contribution is -2.10. The van der Waals surface area contributed by atoms with Crippen LogP contribution in [-0.2, 0) is 12.8 Å².